The van der Waals surface area contributed by atoms with Crippen LogP contribution in [0.5, 0.6) is 0 Å². The number of rotatable bonds is 7. The number of amides is 1. The van der Waals surface area contributed by atoms with E-state index in [2.05, 4.69) is 10.2 Å². The van der Waals surface area contributed by atoms with Gasteiger partial charge < -0.3 is 9.52 Å². The number of hydrogen-bond acceptors (Lipinski definition) is 8. The van der Waals surface area contributed by atoms with Crippen LogP contribution in [0.3, 0.4) is 0 Å². The van der Waals surface area contributed by atoms with Crippen molar-refractivity contribution in [2.24, 2.45) is 0 Å². The van der Waals surface area contributed by atoms with Crippen molar-refractivity contribution in [3.63, 3.8) is 0 Å². The number of para-hydroxylation sites is 1. The summed E-state index contributed by atoms with van der Waals surface area (Å²) in [7, 11) is 0. The Morgan fingerprint density at radius 2 is 1.82 bits per heavy atom. The molecule has 0 bridgehead atoms. The van der Waals surface area contributed by atoms with Crippen LogP contribution in [0, 0.1) is 5.82 Å². The third-order valence-electron chi connectivity index (χ3n) is 6.20. The highest BCUT2D eigenvalue weighted by Gasteiger charge is 2.46. The van der Waals surface area contributed by atoms with Crippen molar-refractivity contribution in [3.8, 4) is 0 Å². The Morgan fingerprint density at radius 3 is 2.59 bits per heavy atom. The minimum Gasteiger partial charge on any atom is -0.503 e. The van der Waals surface area contributed by atoms with Gasteiger partial charge >= 0.3 is 0 Å². The summed E-state index contributed by atoms with van der Waals surface area (Å²) in [5.74, 6) is -2.19. The van der Waals surface area contributed by atoms with E-state index in [1.165, 1.54) is 40.9 Å². The molecule has 0 spiro atoms. The minimum absolute atomic E-state index is 0.0345. The molecule has 194 valence electrons. The Balaban J connectivity index is 1.36. The molecule has 1 atom stereocenters. The van der Waals surface area contributed by atoms with Crippen molar-refractivity contribution in [2.75, 3.05) is 4.90 Å². The molecule has 1 aliphatic heterocycles. The maximum absolute atomic E-state index is 13.8. The average molecular weight is 578 g/mol. The van der Waals surface area contributed by atoms with Crippen molar-refractivity contribution in [1.82, 2.24) is 10.2 Å². The van der Waals surface area contributed by atoms with Crippen LogP contribution in [0.2, 0.25) is 5.02 Å². The van der Waals surface area contributed by atoms with Gasteiger partial charge in [0.2, 0.25) is 10.9 Å². The smallest absolute Gasteiger partial charge is 0.296 e. The Bertz CT molecular complexity index is 1730. The number of anilines is 1. The summed E-state index contributed by atoms with van der Waals surface area (Å²) in [6.07, 6.45) is 0. The van der Waals surface area contributed by atoms with Crippen molar-refractivity contribution in [1.29, 1.82) is 0 Å². The van der Waals surface area contributed by atoms with Gasteiger partial charge in [0.05, 0.1) is 11.6 Å². The van der Waals surface area contributed by atoms with Crippen LogP contribution in [0.1, 0.15) is 27.7 Å². The van der Waals surface area contributed by atoms with E-state index in [0.29, 0.717) is 31.6 Å². The second-order valence-electron chi connectivity index (χ2n) is 8.60. The van der Waals surface area contributed by atoms with Crippen LogP contribution in [-0.2, 0) is 10.5 Å². The molecule has 1 unspecified atom stereocenters. The lowest BCUT2D eigenvalue weighted by Gasteiger charge is -2.23. The molecule has 2 aromatic heterocycles. The van der Waals surface area contributed by atoms with Gasteiger partial charge in [-0.1, -0.05) is 83.2 Å². The second kappa shape index (κ2) is 10.3. The van der Waals surface area contributed by atoms with E-state index in [0.717, 1.165) is 16.9 Å². The summed E-state index contributed by atoms with van der Waals surface area (Å²) in [6.45, 7) is 0. The first-order valence-electron chi connectivity index (χ1n) is 11.7. The lowest BCUT2D eigenvalue weighted by atomic mass is 9.95. The van der Waals surface area contributed by atoms with Gasteiger partial charge in [-0.25, -0.2) is 4.39 Å². The molecule has 0 saturated heterocycles. The molecule has 1 aliphatic rings. The number of furan rings is 1. The fraction of sp³-hybridized carbons (Fsp3) is 0.0714. The third kappa shape index (κ3) is 4.71. The Kier molecular flexibility index (Phi) is 6.68. The molecular formula is C28H17ClFN3O4S2. The number of carbonyl (C=O) groups is 2. The Morgan fingerprint density at radius 1 is 1.08 bits per heavy atom. The lowest BCUT2D eigenvalue weighted by Crippen LogP contribution is -2.31. The van der Waals surface area contributed by atoms with Gasteiger partial charge in [0.1, 0.15) is 11.4 Å². The summed E-state index contributed by atoms with van der Waals surface area (Å²) in [6, 6.07) is 20.4. The number of nitrogens with zero attached hydrogens (tertiary/aromatic N) is 3. The van der Waals surface area contributed by atoms with E-state index in [1.54, 1.807) is 30.3 Å². The predicted octanol–water partition coefficient (Wildman–Crippen LogP) is 7.15. The standard InChI is InChI=1S/C28H17ClFN3O4S2/c29-19-7-3-1-6-17(19)14-38-28-32-31-27(39-28)33-23(15-9-11-18(30)12-10-15)22(25(35)26(33)36)24(34)21-13-16-5-2-4-8-20(16)37-21/h1-13,23,35H,14H2. The van der Waals surface area contributed by atoms with Crippen LogP contribution in [0.15, 0.2) is 99.0 Å². The minimum atomic E-state index is -1.08. The molecule has 0 aliphatic carbocycles. The summed E-state index contributed by atoms with van der Waals surface area (Å²) in [5.41, 5.74) is 1.63. The number of thioether (sulfide) groups is 1. The number of benzene rings is 3. The fourth-order valence-electron chi connectivity index (χ4n) is 4.33. The molecule has 1 amide bonds. The second-order valence-corrected chi connectivity index (χ2v) is 11.2. The molecule has 3 aromatic carbocycles. The van der Waals surface area contributed by atoms with Gasteiger partial charge in [0.25, 0.3) is 5.91 Å². The fourth-order valence-corrected chi connectivity index (χ4v) is 6.49. The predicted molar refractivity (Wildman–Crippen MR) is 148 cm³/mol. The number of aliphatic hydroxyl groups excluding tert-OH is 1. The summed E-state index contributed by atoms with van der Waals surface area (Å²) in [4.78, 5) is 28.3. The van der Waals surface area contributed by atoms with Gasteiger partial charge in [0, 0.05) is 16.2 Å². The van der Waals surface area contributed by atoms with E-state index >= 15 is 0 Å². The van der Waals surface area contributed by atoms with E-state index in [9.17, 15) is 19.1 Å². The SMILES string of the molecule is O=C(C1=C(O)C(=O)N(c2nnc(SCc3ccccc3Cl)s2)C1c1ccc(F)cc1)c1cc2ccccc2o1. The number of aromatic nitrogens is 2. The molecule has 1 N–H and O–H groups in total. The largest absolute Gasteiger partial charge is 0.503 e. The van der Waals surface area contributed by atoms with E-state index in [-0.39, 0.29) is 16.5 Å². The Hall–Kier alpha value is -3.99. The molecule has 39 heavy (non-hydrogen) atoms. The van der Waals surface area contributed by atoms with E-state index in [1.807, 2.05) is 24.3 Å². The molecule has 5 aromatic rings. The highest BCUT2D eigenvalue weighted by Crippen LogP contribution is 2.44. The third-order valence-corrected chi connectivity index (χ3v) is 8.67. The first kappa shape index (κ1) is 25.3. The molecule has 0 saturated carbocycles. The van der Waals surface area contributed by atoms with Crippen LogP contribution in [0.4, 0.5) is 9.52 Å². The zero-order valence-corrected chi connectivity index (χ0v) is 22.3. The Labute approximate surface area is 234 Å². The highest BCUT2D eigenvalue weighted by molar-refractivity contribution is 8.00. The highest BCUT2D eigenvalue weighted by atomic mass is 35.5. The lowest BCUT2D eigenvalue weighted by molar-refractivity contribution is -0.117. The first-order chi connectivity index (χ1) is 18.9. The number of carbonyl (C=O) groups excluding carboxylic acids is 2. The van der Waals surface area contributed by atoms with Crippen molar-refractivity contribution >= 4 is 62.5 Å². The van der Waals surface area contributed by atoms with Gasteiger partial charge in [0.15, 0.2) is 15.9 Å². The summed E-state index contributed by atoms with van der Waals surface area (Å²) >= 11 is 8.78. The summed E-state index contributed by atoms with van der Waals surface area (Å²) in [5, 5.41) is 20.8. The molecular weight excluding hydrogens is 561 g/mol. The molecule has 0 fully saturated rings. The molecule has 0 radical (unpaired) electrons. The number of hydrogen-bond donors (Lipinski definition) is 1. The number of ketones is 1. The zero-order valence-electron chi connectivity index (χ0n) is 19.9. The maximum atomic E-state index is 13.8. The van der Waals surface area contributed by atoms with Crippen molar-refractivity contribution in [3.05, 3.63) is 118 Å². The quantitative estimate of drug-likeness (QED) is 0.125. The van der Waals surface area contributed by atoms with Gasteiger partial charge in [-0.2, -0.15) is 0 Å². The maximum Gasteiger partial charge on any atom is 0.296 e. The van der Waals surface area contributed by atoms with Crippen LogP contribution in [0.25, 0.3) is 11.0 Å². The van der Waals surface area contributed by atoms with Crippen molar-refractivity contribution < 1.29 is 23.5 Å². The number of Topliss-reactive ketones (excluding diaryl/α,β-unsaturated/α-hetero) is 1. The topological polar surface area (TPSA) is 96.5 Å². The molecule has 7 nitrogen and oxygen atoms in total. The molecule has 3 heterocycles. The van der Waals surface area contributed by atoms with E-state index < -0.39 is 29.3 Å². The monoisotopic (exact) mass is 577 g/mol. The zero-order chi connectivity index (χ0) is 27.1. The first-order valence-corrected chi connectivity index (χ1v) is 13.8. The summed E-state index contributed by atoms with van der Waals surface area (Å²) < 4.78 is 20.1. The average Bonchev–Trinajstić information content (AvgIpc) is 3.65. The van der Waals surface area contributed by atoms with Crippen LogP contribution >= 0.6 is 34.7 Å². The van der Waals surface area contributed by atoms with Crippen LogP contribution in [-0.4, -0.2) is 27.0 Å². The van der Waals surface area contributed by atoms with Gasteiger partial charge in [-0.15, -0.1) is 10.2 Å². The van der Waals surface area contributed by atoms with Gasteiger partial charge in [-0.3, -0.25) is 14.5 Å². The van der Waals surface area contributed by atoms with Crippen LogP contribution < -0.4 is 4.90 Å². The number of halogens is 2. The van der Waals surface area contributed by atoms with Crippen molar-refractivity contribution in [2.45, 2.75) is 16.1 Å². The molecule has 11 heteroatoms. The normalized spacial score (nSPS) is 15.5. The molecule has 6 rings (SSSR count). The number of fused-ring (bicyclic) bond motifs is 1. The van der Waals surface area contributed by atoms with Gasteiger partial charge in [-0.05, 0) is 41.5 Å². The number of aliphatic hydroxyl groups is 1. The van der Waals surface area contributed by atoms with E-state index in [4.69, 9.17) is 16.0 Å².